The van der Waals surface area contributed by atoms with Crippen LogP contribution in [0.2, 0.25) is 10.0 Å². The van der Waals surface area contributed by atoms with Crippen LogP contribution in [0.5, 0.6) is 0 Å². The zero-order chi connectivity index (χ0) is 16.0. The van der Waals surface area contributed by atoms with Crippen molar-refractivity contribution in [3.63, 3.8) is 0 Å². The van der Waals surface area contributed by atoms with Crippen molar-refractivity contribution in [1.29, 1.82) is 0 Å². The Bertz CT molecular complexity index is 795. The Labute approximate surface area is 141 Å². The van der Waals surface area contributed by atoms with Crippen LogP contribution in [0.3, 0.4) is 0 Å². The number of ketones is 1. The molecule has 0 radical (unpaired) electrons. The first-order chi connectivity index (χ1) is 10.4. The third-order valence-electron chi connectivity index (χ3n) is 3.92. The van der Waals surface area contributed by atoms with Gasteiger partial charge in [-0.25, -0.2) is 0 Å². The van der Waals surface area contributed by atoms with E-state index in [1.807, 2.05) is 6.92 Å². The molecule has 0 amide bonds. The van der Waals surface area contributed by atoms with Crippen LogP contribution in [-0.2, 0) is 11.2 Å². The summed E-state index contributed by atoms with van der Waals surface area (Å²) in [6, 6.07) is 4.79. The van der Waals surface area contributed by atoms with E-state index in [0.29, 0.717) is 34.0 Å². The highest BCUT2D eigenvalue weighted by Gasteiger charge is 2.35. The lowest BCUT2D eigenvalue weighted by Crippen LogP contribution is -2.06. The molecule has 3 nitrogen and oxygen atoms in total. The number of thiophene rings is 1. The number of aryl methyl sites for hydroxylation is 1. The van der Waals surface area contributed by atoms with Crippen molar-refractivity contribution in [3.05, 3.63) is 54.7 Å². The summed E-state index contributed by atoms with van der Waals surface area (Å²) in [5.41, 5.74) is 1.98. The number of hydrogen-bond donors (Lipinski definition) is 1. The van der Waals surface area contributed by atoms with Crippen molar-refractivity contribution in [3.8, 4) is 0 Å². The summed E-state index contributed by atoms with van der Waals surface area (Å²) < 4.78 is 0. The van der Waals surface area contributed by atoms with E-state index < -0.39 is 11.9 Å². The maximum Gasteiger partial charge on any atom is 0.311 e. The fourth-order valence-corrected chi connectivity index (χ4v) is 4.51. The Hall–Kier alpha value is -1.36. The van der Waals surface area contributed by atoms with Gasteiger partial charge in [-0.2, -0.15) is 0 Å². The molecule has 6 heteroatoms. The Kier molecular flexibility index (Phi) is 4.02. The lowest BCUT2D eigenvalue weighted by molar-refractivity contribution is -0.138. The van der Waals surface area contributed by atoms with Crippen LogP contribution in [0.15, 0.2) is 18.2 Å². The van der Waals surface area contributed by atoms with Gasteiger partial charge < -0.3 is 5.11 Å². The Balaban J connectivity index is 2.06. The van der Waals surface area contributed by atoms with Crippen molar-refractivity contribution < 1.29 is 14.7 Å². The topological polar surface area (TPSA) is 54.4 Å². The maximum absolute atomic E-state index is 12.8. The van der Waals surface area contributed by atoms with Gasteiger partial charge in [0.15, 0.2) is 5.78 Å². The van der Waals surface area contributed by atoms with Crippen molar-refractivity contribution in [2.45, 2.75) is 25.7 Å². The van der Waals surface area contributed by atoms with Crippen LogP contribution < -0.4 is 0 Å². The summed E-state index contributed by atoms with van der Waals surface area (Å²) in [5, 5.41) is 10.0. The van der Waals surface area contributed by atoms with Crippen LogP contribution in [-0.4, -0.2) is 16.9 Å². The molecule has 3 rings (SSSR count). The molecule has 1 N–H and O–H groups in total. The van der Waals surface area contributed by atoms with Crippen molar-refractivity contribution in [2.24, 2.45) is 0 Å². The van der Waals surface area contributed by atoms with Crippen LogP contribution in [0.4, 0.5) is 0 Å². The number of carbonyl (C=O) groups excluding carboxylic acids is 1. The molecule has 0 saturated heterocycles. The van der Waals surface area contributed by atoms with E-state index in [0.717, 1.165) is 15.3 Å². The SMILES string of the molecule is Cc1sc2c(c1C(=O)c1ccc(Cl)c(Cl)c1)CCC2C(=O)O. The first kappa shape index (κ1) is 15.5. The van der Waals surface area contributed by atoms with Gasteiger partial charge in [-0.3, -0.25) is 9.59 Å². The third-order valence-corrected chi connectivity index (χ3v) is 5.92. The average Bonchev–Trinajstić information content (AvgIpc) is 2.98. The fourth-order valence-electron chi connectivity index (χ4n) is 2.88. The van der Waals surface area contributed by atoms with E-state index in [2.05, 4.69) is 0 Å². The molecular formula is C16H12Cl2O3S. The maximum atomic E-state index is 12.8. The molecule has 22 heavy (non-hydrogen) atoms. The van der Waals surface area contributed by atoms with Crippen molar-refractivity contribution in [2.75, 3.05) is 0 Å². The number of aliphatic carboxylic acids is 1. The molecule has 0 bridgehead atoms. The van der Waals surface area contributed by atoms with Gasteiger partial charge in [-0.15, -0.1) is 11.3 Å². The molecule has 0 aliphatic heterocycles. The smallest absolute Gasteiger partial charge is 0.311 e. The molecule has 0 saturated carbocycles. The molecule has 1 heterocycles. The molecule has 0 spiro atoms. The molecule has 1 aliphatic rings. The van der Waals surface area contributed by atoms with E-state index in [1.165, 1.54) is 11.3 Å². The summed E-state index contributed by atoms with van der Waals surface area (Å²) >= 11 is 13.3. The average molecular weight is 355 g/mol. The summed E-state index contributed by atoms with van der Waals surface area (Å²) in [7, 11) is 0. The van der Waals surface area contributed by atoms with Gasteiger partial charge in [-0.05, 0) is 43.5 Å². The first-order valence-corrected chi connectivity index (χ1v) is 8.32. The fraction of sp³-hybridized carbons (Fsp3) is 0.250. The van der Waals surface area contributed by atoms with Gasteiger partial charge in [0.1, 0.15) is 0 Å². The molecule has 1 atom stereocenters. The second-order valence-corrected chi connectivity index (χ2v) is 7.33. The van der Waals surface area contributed by atoms with Crippen LogP contribution in [0.25, 0.3) is 0 Å². The Morgan fingerprint density at radius 2 is 2.00 bits per heavy atom. The minimum atomic E-state index is -0.825. The molecule has 1 aromatic heterocycles. The predicted molar refractivity (Wildman–Crippen MR) is 87.6 cm³/mol. The number of hydrogen-bond acceptors (Lipinski definition) is 3. The zero-order valence-electron chi connectivity index (χ0n) is 11.7. The van der Waals surface area contributed by atoms with E-state index >= 15 is 0 Å². The van der Waals surface area contributed by atoms with Crippen LogP contribution in [0, 0.1) is 6.92 Å². The lowest BCUT2D eigenvalue weighted by Gasteiger charge is -2.05. The summed E-state index contributed by atoms with van der Waals surface area (Å²) in [5.74, 6) is -1.44. The van der Waals surface area contributed by atoms with Gasteiger partial charge in [0, 0.05) is 20.9 Å². The monoisotopic (exact) mass is 354 g/mol. The quantitative estimate of drug-likeness (QED) is 0.812. The summed E-state index contributed by atoms with van der Waals surface area (Å²) in [6.45, 7) is 1.85. The van der Waals surface area contributed by atoms with Gasteiger partial charge in [-0.1, -0.05) is 23.2 Å². The van der Waals surface area contributed by atoms with Gasteiger partial charge >= 0.3 is 5.97 Å². The van der Waals surface area contributed by atoms with Crippen molar-refractivity contribution >= 4 is 46.3 Å². The minimum Gasteiger partial charge on any atom is -0.481 e. The highest BCUT2D eigenvalue weighted by Crippen LogP contribution is 2.43. The molecular weight excluding hydrogens is 343 g/mol. The lowest BCUT2D eigenvalue weighted by atomic mass is 9.99. The van der Waals surface area contributed by atoms with E-state index in [4.69, 9.17) is 23.2 Å². The highest BCUT2D eigenvalue weighted by molar-refractivity contribution is 7.12. The number of carboxylic acid groups (broad SMARTS) is 1. The van der Waals surface area contributed by atoms with Crippen molar-refractivity contribution in [1.82, 2.24) is 0 Å². The predicted octanol–water partition coefficient (Wildman–Crippen LogP) is 4.71. The Morgan fingerprint density at radius 3 is 2.64 bits per heavy atom. The molecule has 2 aromatic rings. The number of halogens is 2. The second-order valence-electron chi connectivity index (χ2n) is 5.26. The normalized spacial score (nSPS) is 16.6. The number of fused-ring (bicyclic) bond motifs is 1. The standard InChI is InChI=1S/C16H12Cl2O3S/c1-7-13(9-3-4-10(16(20)21)15(9)22-7)14(19)8-2-5-11(17)12(18)6-8/h2,5-6,10H,3-4H2,1H3,(H,20,21). The zero-order valence-corrected chi connectivity index (χ0v) is 14.0. The third kappa shape index (κ3) is 2.45. The summed E-state index contributed by atoms with van der Waals surface area (Å²) in [4.78, 5) is 25.7. The highest BCUT2D eigenvalue weighted by atomic mass is 35.5. The van der Waals surface area contributed by atoms with E-state index in [1.54, 1.807) is 18.2 Å². The Morgan fingerprint density at radius 1 is 1.27 bits per heavy atom. The van der Waals surface area contributed by atoms with E-state index in [-0.39, 0.29) is 5.78 Å². The van der Waals surface area contributed by atoms with Gasteiger partial charge in [0.05, 0.1) is 16.0 Å². The van der Waals surface area contributed by atoms with Crippen LogP contribution >= 0.6 is 34.5 Å². The minimum absolute atomic E-state index is 0.125. The number of rotatable bonds is 3. The number of carboxylic acids is 1. The number of carbonyl (C=O) groups is 2. The van der Waals surface area contributed by atoms with Gasteiger partial charge in [0.25, 0.3) is 0 Å². The second kappa shape index (κ2) is 5.69. The first-order valence-electron chi connectivity index (χ1n) is 6.75. The molecule has 1 aromatic carbocycles. The number of benzene rings is 1. The molecule has 0 fully saturated rings. The van der Waals surface area contributed by atoms with Crippen LogP contribution in [0.1, 0.15) is 43.6 Å². The molecule has 114 valence electrons. The molecule has 1 unspecified atom stereocenters. The molecule has 1 aliphatic carbocycles. The van der Waals surface area contributed by atoms with E-state index in [9.17, 15) is 14.7 Å². The van der Waals surface area contributed by atoms with Gasteiger partial charge in [0.2, 0.25) is 0 Å². The summed E-state index contributed by atoms with van der Waals surface area (Å²) in [6.07, 6.45) is 1.18. The largest absolute Gasteiger partial charge is 0.481 e.